The highest BCUT2D eigenvalue weighted by atomic mass is 35.5. The fourth-order valence-electron chi connectivity index (χ4n) is 2.18. The highest BCUT2D eigenvalue weighted by Gasteiger charge is 2.42. The highest BCUT2D eigenvalue weighted by Crippen LogP contribution is 2.30. The molecule has 3 unspecified atom stereocenters. The first-order valence-corrected chi connectivity index (χ1v) is 6.29. The van der Waals surface area contributed by atoms with Gasteiger partial charge >= 0.3 is 0 Å². The van der Waals surface area contributed by atoms with E-state index in [0.717, 1.165) is 23.7 Å². The predicted octanol–water partition coefficient (Wildman–Crippen LogP) is 2.94. The highest BCUT2D eigenvalue weighted by molar-refractivity contribution is 6.30. The van der Waals surface area contributed by atoms with Gasteiger partial charge in [0.1, 0.15) is 6.10 Å². The van der Waals surface area contributed by atoms with Crippen molar-refractivity contribution in [2.24, 2.45) is 0 Å². The summed E-state index contributed by atoms with van der Waals surface area (Å²) < 4.78 is 11.0. The molecule has 17 heavy (non-hydrogen) atoms. The first-order valence-electron chi connectivity index (χ1n) is 5.91. The van der Waals surface area contributed by atoms with Crippen LogP contribution in [0.25, 0.3) is 0 Å². The summed E-state index contributed by atoms with van der Waals surface area (Å²) in [6.07, 6.45) is 1.33. The van der Waals surface area contributed by atoms with Crippen molar-refractivity contribution in [2.75, 3.05) is 19.0 Å². The van der Waals surface area contributed by atoms with Crippen molar-refractivity contribution in [1.82, 2.24) is 0 Å². The lowest BCUT2D eigenvalue weighted by Gasteiger charge is -2.43. The normalized spacial score (nSPS) is 27.6. The van der Waals surface area contributed by atoms with Crippen molar-refractivity contribution in [3.63, 3.8) is 0 Å². The Kier molecular flexibility index (Phi) is 4.26. The van der Waals surface area contributed by atoms with Gasteiger partial charge in [-0.15, -0.1) is 0 Å². The summed E-state index contributed by atoms with van der Waals surface area (Å²) in [7, 11) is 1.73. The summed E-state index contributed by atoms with van der Waals surface area (Å²) in [4.78, 5) is 0. The van der Waals surface area contributed by atoms with Gasteiger partial charge in [-0.3, -0.25) is 0 Å². The molecule has 0 spiro atoms. The molecular weight excluding hydrogens is 238 g/mol. The van der Waals surface area contributed by atoms with Gasteiger partial charge in [0.2, 0.25) is 0 Å². The molecule has 1 aromatic rings. The minimum Gasteiger partial charge on any atom is -0.379 e. The fourth-order valence-corrected chi connectivity index (χ4v) is 2.30. The largest absolute Gasteiger partial charge is 0.379 e. The first kappa shape index (κ1) is 12.7. The lowest BCUT2D eigenvalue weighted by Crippen LogP contribution is -2.56. The van der Waals surface area contributed by atoms with Gasteiger partial charge in [0, 0.05) is 24.4 Å². The van der Waals surface area contributed by atoms with E-state index in [-0.39, 0.29) is 12.2 Å². The number of hydrogen-bond donors (Lipinski definition) is 1. The Bertz CT molecular complexity index is 355. The van der Waals surface area contributed by atoms with Crippen LogP contribution in [0.1, 0.15) is 13.3 Å². The van der Waals surface area contributed by atoms with E-state index >= 15 is 0 Å². The fraction of sp³-hybridized carbons (Fsp3) is 0.538. The molecule has 1 aromatic carbocycles. The van der Waals surface area contributed by atoms with Crippen LogP contribution in [0.5, 0.6) is 0 Å². The van der Waals surface area contributed by atoms with Crippen LogP contribution in [0.3, 0.4) is 0 Å². The molecule has 0 amide bonds. The van der Waals surface area contributed by atoms with Crippen molar-refractivity contribution >= 4 is 17.3 Å². The number of nitrogens with one attached hydrogen (secondary N) is 1. The van der Waals surface area contributed by atoms with Crippen molar-refractivity contribution in [2.45, 2.75) is 31.6 Å². The number of halogens is 1. The minimum atomic E-state index is 0.130. The summed E-state index contributed by atoms with van der Waals surface area (Å²) in [5.74, 6) is 0. The first-order chi connectivity index (χ1) is 8.24. The van der Waals surface area contributed by atoms with Crippen LogP contribution >= 0.6 is 11.6 Å². The third-order valence-corrected chi connectivity index (χ3v) is 3.35. The molecule has 0 heterocycles. The SMILES string of the molecule is CCOC1CC(Nc2ccc(Cl)cc2)C1OC. The van der Waals surface area contributed by atoms with Gasteiger partial charge in [-0.1, -0.05) is 11.6 Å². The Balaban J connectivity index is 1.90. The Morgan fingerprint density at radius 1 is 1.35 bits per heavy atom. The van der Waals surface area contributed by atoms with E-state index in [4.69, 9.17) is 21.1 Å². The number of anilines is 1. The number of ether oxygens (including phenoxy) is 2. The van der Waals surface area contributed by atoms with Crippen molar-refractivity contribution in [3.05, 3.63) is 29.3 Å². The summed E-state index contributed by atoms with van der Waals surface area (Å²) in [5, 5.41) is 4.18. The Labute approximate surface area is 107 Å². The lowest BCUT2D eigenvalue weighted by atomic mass is 9.85. The molecule has 0 aromatic heterocycles. The second kappa shape index (κ2) is 5.71. The Morgan fingerprint density at radius 2 is 2.06 bits per heavy atom. The van der Waals surface area contributed by atoms with Gasteiger partial charge in [-0.25, -0.2) is 0 Å². The maximum Gasteiger partial charge on any atom is 0.103 e. The molecule has 1 saturated carbocycles. The molecule has 0 radical (unpaired) electrons. The average molecular weight is 256 g/mol. The van der Waals surface area contributed by atoms with E-state index in [2.05, 4.69) is 5.32 Å². The van der Waals surface area contributed by atoms with E-state index in [1.165, 1.54) is 0 Å². The van der Waals surface area contributed by atoms with Crippen LogP contribution < -0.4 is 5.32 Å². The molecule has 1 N–H and O–H groups in total. The zero-order chi connectivity index (χ0) is 12.3. The second-order valence-corrected chi connectivity index (χ2v) is 4.62. The van der Waals surface area contributed by atoms with Gasteiger partial charge in [0.25, 0.3) is 0 Å². The third kappa shape index (κ3) is 2.92. The van der Waals surface area contributed by atoms with Crippen LogP contribution in [0.15, 0.2) is 24.3 Å². The maximum atomic E-state index is 5.84. The van der Waals surface area contributed by atoms with E-state index in [9.17, 15) is 0 Å². The van der Waals surface area contributed by atoms with Gasteiger partial charge < -0.3 is 14.8 Å². The van der Waals surface area contributed by atoms with E-state index < -0.39 is 0 Å². The second-order valence-electron chi connectivity index (χ2n) is 4.19. The predicted molar refractivity (Wildman–Crippen MR) is 69.7 cm³/mol. The minimum absolute atomic E-state index is 0.130. The van der Waals surface area contributed by atoms with Gasteiger partial charge in [-0.05, 0) is 37.6 Å². The molecule has 0 saturated heterocycles. The Hall–Kier alpha value is -0.770. The van der Waals surface area contributed by atoms with Crippen molar-refractivity contribution in [3.8, 4) is 0 Å². The van der Waals surface area contributed by atoms with E-state index in [1.807, 2.05) is 31.2 Å². The topological polar surface area (TPSA) is 30.5 Å². The van der Waals surface area contributed by atoms with E-state index in [1.54, 1.807) is 7.11 Å². The number of rotatable bonds is 5. The van der Waals surface area contributed by atoms with Crippen LogP contribution in [0.2, 0.25) is 5.02 Å². The van der Waals surface area contributed by atoms with Crippen LogP contribution in [0.4, 0.5) is 5.69 Å². The molecule has 0 bridgehead atoms. The van der Waals surface area contributed by atoms with Crippen molar-refractivity contribution < 1.29 is 9.47 Å². The molecule has 94 valence electrons. The number of benzene rings is 1. The third-order valence-electron chi connectivity index (χ3n) is 3.10. The van der Waals surface area contributed by atoms with Gasteiger partial charge in [0.05, 0.1) is 12.1 Å². The van der Waals surface area contributed by atoms with Gasteiger partial charge in [-0.2, -0.15) is 0 Å². The van der Waals surface area contributed by atoms with Gasteiger partial charge in [0.15, 0.2) is 0 Å². The van der Waals surface area contributed by atoms with Crippen LogP contribution in [0, 0.1) is 0 Å². The lowest BCUT2D eigenvalue weighted by molar-refractivity contribution is -0.118. The molecule has 4 heteroatoms. The number of hydrogen-bond acceptors (Lipinski definition) is 3. The molecule has 3 nitrogen and oxygen atoms in total. The van der Waals surface area contributed by atoms with Crippen LogP contribution in [-0.4, -0.2) is 32.0 Å². The molecule has 1 aliphatic carbocycles. The summed E-state index contributed by atoms with van der Waals surface area (Å²) in [6.45, 7) is 2.74. The maximum absolute atomic E-state index is 5.84. The number of methoxy groups -OCH3 is 1. The molecule has 1 aliphatic rings. The molecule has 0 aliphatic heterocycles. The molecule has 3 atom stereocenters. The monoisotopic (exact) mass is 255 g/mol. The zero-order valence-corrected chi connectivity index (χ0v) is 10.9. The quantitative estimate of drug-likeness (QED) is 0.878. The van der Waals surface area contributed by atoms with Crippen molar-refractivity contribution in [1.29, 1.82) is 0 Å². The molecule has 2 rings (SSSR count). The molecule has 1 fully saturated rings. The summed E-state index contributed by atoms with van der Waals surface area (Å²) >= 11 is 5.84. The van der Waals surface area contributed by atoms with Crippen LogP contribution in [-0.2, 0) is 9.47 Å². The standard InChI is InChI=1S/C13H18ClNO2/c1-3-17-12-8-11(13(12)16-2)15-10-6-4-9(14)5-7-10/h4-7,11-13,15H,3,8H2,1-2H3. The average Bonchev–Trinajstić information content (AvgIpc) is 2.30. The smallest absolute Gasteiger partial charge is 0.103 e. The van der Waals surface area contributed by atoms with E-state index in [0.29, 0.717) is 6.04 Å². The molecular formula is C13H18ClNO2. The summed E-state index contributed by atoms with van der Waals surface area (Å²) in [5.41, 5.74) is 1.07. The zero-order valence-electron chi connectivity index (χ0n) is 10.2. The Morgan fingerprint density at radius 3 is 2.65 bits per heavy atom. The summed E-state index contributed by atoms with van der Waals surface area (Å²) in [6, 6.07) is 8.03.